The van der Waals surface area contributed by atoms with Gasteiger partial charge in [0.05, 0.1) is 0 Å². The second-order valence-corrected chi connectivity index (χ2v) is 23.0. The van der Waals surface area contributed by atoms with Gasteiger partial charge in [-0.15, -0.1) is 0 Å². The molecule has 0 N–H and O–H groups in total. The SMILES string of the molecule is COc1ccc(-c2ccc(I(OC(=O)c3ccccc3)c3c(F)c(F)cc(F)c3F)cc2)cc1.COc1ccc(I(O[Cl+3]([O-])([O-])[O-])c2ccc(C(=O)Oc3c(F)c(F)cc(F)c3F)cc2)cc1. The average molecular weight is 1180 g/mol. The van der Waals surface area contributed by atoms with Gasteiger partial charge in [0, 0.05) is 0 Å². The van der Waals surface area contributed by atoms with Crippen molar-refractivity contribution in [3.05, 3.63) is 211 Å². The Morgan fingerprint density at radius 2 is 0.866 bits per heavy atom. The van der Waals surface area contributed by atoms with Crippen LogP contribution in [0.1, 0.15) is 20.7 Å². The molecule has 0 unspecified atom stereocenters. The Morgan fingerprint density at radius 1 is 0.478 bits per heavy atom. The average Bonchev–Trinajstić information content (AvgIpc) is 3.33. The molecule has 0 radical (unpaired) electrons. The van der Waals surface area contributed by atoms with Crippen LogP contribution in [0.15, 0.2) is 140 Å². The van der Waals surface area contributed by atoms with E-state index in [2.05, 4.69) is 4.74 Å². The first-order valence-corrected chi connectivity index (χ1v) is 25.9. The van der Waals surface area contributed by atoms with Crippen LogP contribution < -0.4 is 28.2 Å². The standard InChI is InChI=1S/C26H17F4IO3.C20H12ClF4IO7/c1-33-20-13-9-17(10-14-20)16-7-11-19(12-8-16)31(34-26(32)18-5-3-2-4-6-18)25-23(29)21(27)15-22(28)24(25)30;1-31-14-8-6-13(7-9-14)26(33-21(28,29)30)12-4-2-11(3-5-12)20(27)32-19-17(24)15(22)10-16(23)18(19)25/h2-15H,1H3;2-10H,1H3. The first-order chi connectivity index (χ1) is 31.9. The van der Waals surface area contributed by atoms with E-state index in [1.807, 2.05) is 12.1 Å². The first kappa shape index (κ1) is 50.5. The summed E-state index contributed by atoms with van der Waals surface area (Å²) in [7, 11) is -1.80. The van der Waals surface area contributed by atoms with E-state index in [0.29, 0.717) is 15.1 Å². The Bertz CT molecular complexity index is 2810. The van der Waals surface area contributed by atoms with Crippen LogP contribution >= 0.6 is 40.5 Å². The van der Waals surface area contributed by atoms with Crippen LogP contribution in [-0.2, 0) is 5.69 Å². The molecular formula is C46H29ClF8I2O10. The summed E-state index contributed by atoms with van der Waals surface area (Å²) in [6, 6.07) is 32.4. The molecule has 0 atom stereocenters. The molecule has 0 amide bonds. The fraction of sp³-hybridized carbons (Fsp3) is 0.0435. The van der Waals surface area contributed by atoms with Gasteiger partial charge in [0.1, 0.15) is 0 Å². The number of rotatable bonds is 13. The quantitative estimate of drug-likeness (QED) is 0.0273. The van der Waals surface area contributed by atoms with E-state index in [0.717, 1.165) is 23.3 Å². The maximum absolute atomic E-state index is 14.7. The fourth-order valence-electron chi connectivity index (χ4n) is 5.56. The van der Waals surface area contributed by atoms with Crippen LogP contribution in [0.25, 0.3) is 11.1 Å². The van der Waals surface area contributed by atoms with Crippen molar-refractivity contribution in [2.24, 2.45) is 0 Å². The predicted molar refractivity (Wildman–Crippen MR) is 231 cm³/mol. The summed E-state index contributed by atoms with van der Waals surface area (Å²) >= 11 is -7.08. The molecule has 0 spiro atoms. The molecule has 0 aliphatic heterocycles. The Morgan fingerprint density at radius 3 is 1.33 bits per heavy atom. The van der Waals surface area contributed by atoms with E-state index in [-0.39, 0.29) is 30.4 Å². The number of hydrogen-bond acceptors (Lipinski definition) is 10. The number of esters is 1. The molecule has 0 saturated heterocycles. The number of carbonyl (C=O) groups is 2. The van der Waals surface area contributed by atoms with E-state index in [4.69, 9.17) is 15.2 Å². The number of carbonyl (C=O) groups excluding carboxylic acids is 2. The van der Waals surface area contributed by atoms with Crippen LogP contribution in [-0.4, -0.2) is 26.2 Å². The summed E-state index contributed by atoms with van der Waals surface area (Å²) in [4.78, 5) is 24.9. The van der Waals surface area contributed by atoms with Gasteiger partial charge in [-0.1, -0.05) is 0 Å². The van der Waals surface area contributed by atoms with Gasteiger partial charge in [-0.05, 0) is 0 Å². The summed E-state index contributed by atoms with van der Waals surface area (Å²) < 4.78 is 170. The first-order valence-electron chi connectivity index (χ1n) is 18.5. The van der Waals surface area contributed by atoms with Crippen LogP contribution in [0, 0.1) is 71.1 Å². The molecule has 0 bridgehead atoms. The second-order valence-electron chi connectivity index (χ2n) is 13.0. The van der Waals surface area contributed by atoms with Gasteiger partial charge in [-0.25, -0.2) is 0 Å². The van der Waals surface area contributed by atoms with Crippen LogP contribution in [0.4, 0.5) is 35.1 Å². The van der Waals surface area contributed by atoms with Crippen LogP contribution in [0.5, 0.6) is 17.2 Å². The Balaban J connectivity index is 0.000000221. The Labute approximate surface area is 392 Å². The van der Waals surface area contributed by atoms with Crippen molar-refractivity contribution in [3.63, 3.8) is 0 Å². The number of halogens is 11. The molecule has 350 valence electrons. The summed E-state index contributed by atoms with van der Waals surface area (Å²) in [6.07, 6.45) is 0. The zero-order chi connectivity index (χ0) is 48.6. The Kier molecular flexibility index (Phi) is 16.8. The van der Waals surface area contributed by atoms with Crippen molar-refractivity contribution >= 4 is 52.4 Å². The van der Waals surface area contributed by atoms with Gasteiger partial charge in [-0.3, -0.25) is 0 Å². The molecule has 7 rings (SSSR count). The summed E-state index contributed by atoms with van der Waals surface area (Å²) in [6.45, 7) is 0. The molecule has 7 aromatic carbocycles. The molecule has 0 aliphatic carbocycles. The third-order valence-corrected chi connectivity index (χ3v) is 19.6. The Hall–Kier alpha value is -5.89. The third-order valence-electron chi connectivity index (χ3n) is 8.77. The summed E-state index contributed by atoms with van der Waals surface area (Å²) in [5.74, 6) is -16.1. The molecule has 21 heteroatoms. The topological polar surface area (TPSA) is 149 Å². The third kappa shape index (κ3) is 12.6. The maximum atomic E-state index is 14.7. The summed E-state index contributed by atoms with van der Waals surface area (Å²) in [5.41, 5.74) is 1.50. The molecule has 7 aromatic rings. The van der Waals surface area contributed by atoms with Gasteiger partial charge in [-0.2, -0.15) is 0 Å². The van der Waals surface area contributed by atoms with Gasteiger partial charge in [0.2, 0.25) is 0 Å². The van der Waals surface area contributed by atoms with E-state index < -0.39 is 119 Å². The van der Waals surface area contributed by atoms with Crippen molar-refractivity contribution in [1.82, 2.24) is 0 Å². The zero-order valence-corrected chi connectivity index (χ0v) is 39.1. The predicted octanol–water partition coefficient (Wildman–Crippen LogP) is 9.08. The minimum absolute atomic E-state index is 0.0370. The van der Waals surface area contributed by atoms with Crippen molar-refractivity contribution in [2.75, 3.05) is 14.2 Å². The molecule has 0 aliphatic rings. The molecule has 0 heterocycles. The van der Waals surface area contributed by atoms with E-state index in [9.17, 15) is 58.7 Å². The van der Waals surface area contributed by atoms with Crippen molar-refractivity contribution in [2.45, 2.75) is 0 Å². The van der Waals surface area contributed by atoms with Crippen molar-refractivity contribution in [3.8, 4) is 28.4 Å². The molecule has 0 aromatic heterocycles. The number of benzene rings is 7. The molecule has 10 nitrogen and oxygen atoms in total. The second kappa shape index (κ2) is 22.3. The molecule has 0 saturated carbocycles. The van der Waals surface area contributed by atoms with Gasteiger partial charge in [0.15, 0.2) is 0 Å². The molecular weight excluding hydrogens is 1150 g/mol. The van der Waals surface area contributed by atoms with Gasteiger partial charge < -0.3 is 0 Å². The van der Waals surface area contributed by atoms with E-state index in [1.54, 1.807) is 61.7 Å². The number of hydrogen-bond donors (Lipinski definition) is 0. The monoisotopic (exact) mass is 1180 g/mol. The summed E-state index contributed by atoms with van der Waals surface area (Å²) in [5, 5.41) is 0. The van der Waals surface area contributed by atoms with E-state index in [1.165, 1.54) is 55.6 Å². The zero-order valence-electron chi connectivity index (χ0n) is 34.0. The van der Waals surface area contributed by atoms with Crippen LogP contribution in [0.3, 0.4) is 0 Å². The molecule has 67 heavy (non-hydrogen) atoms. The number of methoxy groups -OCH3 is 2. The number of ether oxygens (including phenoxy) is 3. The van der Waals surface area contributed by atoms with Gasteiger partial charge >= 0.3 is 395 Å². The van der Waals surface area contributed by atoms with Gasteiger partial charge in [0.25, 0.3) is 0 Å². The van der Waals surface area contributed by atoms with E-state index >= 15 is 0 Å². The normalized spacial score (nSPS) is 11.5. The van der Waals surface area contributed by atoms with Crippen molar-refractivity contribution < 1.29 is 88.8 Å². The minimum atomic E-state index is -4.78. The van der Waals surface area contributed by atoms with Crippen LogP contribution in [0.2, 0.25) is 0 Å². The van der Waals surface area contributed by atoms with Crippen molar-refractivity contribution in [1.29, 1.82) is 0 Å². The molecule has 0 fully saturated rings. The fourth-order valence-corrected chi connectivity index (χ4v) is 15.1.